The average Bonchev–Trinajstić information content (AvgIpc) is 0.811. The largest absolute Gasteiger partial charge is 0.363 e. The number of hydrogen-bond donors (Lipinski definition) is 2. The third-order valence-electron chi connectivity index (χ3n) is 0. The highest BCUT2D eigenvalue weighted by Gasteiger charge is 1.65. The van der Waals surface area contributed by atoms with E-state index in [-0.39, 0.29) is 24.8 Å². The molecule has 0 fully saturated rings. The van der Waals surface area contributed by atoms with Crippen molar-refractivity contribution in [2.24, 2.45) is 0 Å². The molecule has 0 saturated carbocycles. The van der Waals surface area contributed by atoms with Gasteiger partial charge in [0.15, 0.2) is 0 Å². The fraction of sp³-hybridized carbons (Fsp3) is 0. The molecule has 0 unspecified atom stereocenters. The molecular formula is H4Cl2O3P. The van der Waals surface area contributed by atoms with Gasteiger partial charge in [0, 0.05) is 0 Å². The summed E-state index contributed by atoms with van der Waals surface area (Å²) in [6.45, 7) is 0. The molecule has 0 aliphatic carbocycles. The van der Waals surface area contributed by atoms with Crippen LogP contribution in [0.1, 0.15) is 0 Å². The van der Waals surface area contributed by atoms with Gasteiger partial charge in [-0.3, -0.25) is 9.79 Å². The Balaban J connectivity index is -0.0000000450. The molecule has 0 atom stereocenters. The van der Waals surface area contributed by atoms with Crippen LogP contribution in [-0.2, 0) is 4.57 Å². The molecule has 6 heteroatoms. The molecule has 0 aliphatic rings. The number of halogens is 2. The van der Waals surface area contributed by atoms with Gasteiger partial charge in [0.05, 0.1) is 0 Å². The fourth-order valence-corrected chi connectivity index (χ4v) is 0. The lowest BCUT2D eigenvalue weighted by atomic mass is 15.8. The average molecular weight is 154 g/mol. The Morgan fingerprint density at radius 3 is 1.17 bits per heavy atom. The molecule has 0 aliphatic heterocycles. The van der Waals surface area contributed by atoms with Crippen LogP contribution in [0.2, 0.25) is 0 Å². The van der Waals surface area contributed by atoms with Gasteiger partial charge in [0.1, 0.15) is 0 Å². The summed E-state index contributed by atoms with van der Waals surface area (Å²) in [4.78, 5) is 14.2. The summed E-state index contributed by atoms with van der Waals surface area (Å²) in [6, 6.07) is 0. The lowest BCUT2D eigenvalue weighted by molar-refractivity contribution is 0.405. The van der Waals surface area contributed by atoms with Crippen molar-refractivity contribution in [2.45, 2.75) is 0 Å². The zero-order valence-corrected chi connectivity index (χ0v) is 5.09. The lowest BCUT2D eigenvalue weighted by Crippen LogP contribution is -1.38. The molecule has 0 spiro atoms. The minimum atomic E-state index is -2.87. The maximum absolute atomic E-state index is 8.70. The zero-order chi connectivity index (χ0) is 3.58. The zero-order valence-electron chi connectivity index (χ0n) is 2.57. The van der Waals surface area contributed by atoms with Crippen molar-refractivity contribution in [1.29, 1.82) is 0 Å². The van der Waals surface area contributed by atoms with Gasteiger partial charge in [0.2, 0.25) is 0 Å². The van der Waals surface area contributed by atoms with Gasteiger partial charge < -0.3 is 0 Å². The van der Waals surface area contributed by atoms with E-state index in [0.717, 1.165) is 0 Å². The number of rotatable bonds is 0. The van der Waals surface area contributed by atoms with E-state index in [1.165, 1.54) is 0 Å². The first-order valence-corrected chi connectivity index (χ1v) is 1.75. The predicted octanol–water partition coefficient (Wildman–Crippen LogP) is 0.472. The molecule has 2 N–H and O–H groups in total. The first-order chi connectivity index (χ1) is 1.73. The lowest BCUT2D eigenvalue weighted by Gasteiger charge is -1.57. The van der Waals surface area contributed by atoms with Crippen LogP contribution in [0.4, 0.5) is 0 Å². The second kappa shape index (κ2) is 9.14. The second-order valence-electron chi connectivity index (χ2n) is 0.253. The molecule has 1 radical (unpaired) electrons. The normalized spacial score (nSPS) is 4.33. The van der Waals surface area contributed by atoms with Crippen LogP contribution >= 0.6 is 33.1 Å². The first-order valence-electron chi connectivity index (χ1n) is 0.583. The van der Waals surface area contributed by atoms with Crippen molar-refractivity contribution in [3.8, 4) is 0 Å². The molecule has 41 valence electrons. The molecule has 0 aromatic carbocycles. The van der Waals surface area contributed by atoms with E-state index in [9.17, 15) is 0 Å². The molecule has 0 rings (SSSR count). The van der Waals surface area contributed by atoms with E-state index in [4.69, 9.17) is 14.4 Å². The van der Waals surface area contributed by atoms with Crippen molar-refractivity contribution in [3.05, 3.63) is 0 Å². The molecule has 0 amide bonds. The van der Waals surface area contributed by atoms with Gasteiger partial charge in [-0.1, -0.05) is 0 Å². The highest BCUT2D eigenvalue weighted by Crippen LogP contribution is 1.98. The Labute approximate surface area is 48.1 Å². The summed E-state index contributed by atoms with van der Waals surface area (Å²) < 4.78 is 8.70. The van der Waals surface area contributed by atoms with Crippen LogP contribution in [-0.4, -0.2) is 9.79 Å². The highest BCUT2D eigenvalue weighted by atomic mass is 35.5. The van der Waals surface area contributed by atoms with Gasteiger partial charge in [-0.2, -0.15) is 0 Å². The molecule has 0 saturated heterocycles. The maximum atomic E-state index is 8.70. The van der Waals surface area contributed by atoms with Crippen molar-refractivity contribution in [3.63, 3.8) is 0 Å². The standard InChI is InChI=1S/2ClH.H2O3P/c;;1-4(2)3/h2*1H;(H2,1,2,3). The Hall–Kier alpha value is 0.600. The monoisotopic (exact) mass is 153 g/mol. The summed E-state index contributed by atoms with van der Waals surface area (Å²) in [7, 11) is -2.87. The Morgan fingerprint density at radius 1 is 1.17 bits per heavy atom. The van der Waals surface area contributed by atoms with E-state index >= 15 is 0 Å². The summed E-state index contributed by atoms with van der Waals surface area (Å²) in [6.07, 6.45) is 0. The van der Waals surface area contributed by atoms with Gasteiger partial charge in [-0.05, 0) is 0 Å². The van der Waals surface area contributed by atoms with Crippen molar-refractivity contribution < 1.29 is 14.4 Å². The van der Waals surface area contributed by atoms with E-state index in [1.54, 1.807) is 0 Å². The van der Waals surface area contributed by atoms with Crippen LogP contribution in [0.25, 0.3) is 0 Å². The quantitative estimate of drug-likeness (QED) is 0.498. The highest BCUT2D eigenvalue weighted by molar-refractivity contribution is 7.30. The molecule has 0 heterocycles. The SMILES string of the molecule is Cl.Cl.O=[P](O)O. The Bertz CT molecular complexity index is 31.8. The van der Waals surface area contributed by atoms with Crippen LogP contribution in [0.3, 0.4) is 0 Å². The van der Waals surface area contributed by atoms with Crippen molar-refractivity contribution in [2.75, 3.05) is 0 Å². The molecular weight excluding hydrogens is 150 g/mol. The number of hydrogen-bond acceptors (Lipinski definition) is 1. The third-order valence-corrected chi connectivity index (χ3v) is 0. The Kier molecular flexibility index (Phi) is 24.3. The van der Waals surface area contributed by atoms with E-state index < -0.39 is 8.25 Å². The summed E-state index contributed by atoms with van der Waals surface area (Å²) >= 11 is 0. The molecule has 0 bridgehead atoms. The second-order valence-corrected chi connectivity index (χ2v) is 0.758. The molecule has 6 heavy (non-hydrogen) atoms. The third kappa shape index (κ3) is 166. The topological polar surface area (TPSA) is 57.5 Å². The van der Waals surface area contributed by atoms with E-state index in [0.29, 0.717) is 0 Å². The van der Waals surface area contributed by atoms with Gasteiger partial charge in [-0.15, -0.1) is 24.8 Å². The summed E-state index contributed by atoms with van der Waals surface area (Å²) in [5, 5.41) is 0. The van der Waals surface area contributed by atoms with E-state index in [2.05, 4.69) is 0 Å². The fourth-order valence-electron chi connectivity index (χ4n) is 0. The molecule has 0 aromatic rings. The van der Waals surface area contributed by atoms with E-state index in [1.807, 2.05) is 0 Å². The van der Waals surface area contributed by atoms with Gasteiger partial charge >= 0.3 is 8.25 Å². The van der Waals surface area contributed by atoms with Gasteiger partial charge in [-0.25, -0.2) is 4.57 Å². The van der Waals surface area contributed by atoms with Crippen LogP contribution in [0.5, 0.6) is 0 Å². The summed E-state index contributed by atoms with van der Waals surface area (Å²) in [5.74, 6) is 0. The Morgan fingerprint density at radius 2 is 1.17 bits per heavy atom. The smallest absolute Gasteiger partial charge is 0.298 e. The predicted molar refractivity (Wildman–Crippen MR) is 26.5 cm³/mol. The maximum Gasteiger partial charge on any atom is 0.363 e. The van der Waals surface area contributed by atoms with Crippen LogP contribution in [0.15, 0.2) is 0 Å². The molecule has 3 nitrogen and oxygen atoms in total. The van der Waals surface area contributed by atoms with Crippen LogP contribution in [0, 0.1) is 0 Å². The van der Waals surface area contributed by atoms with Crippen molar-refractivity contribution in [1.82, 2.24) is 0 Å². The minimum Gasteiger partial charge on any atom is -0.298 e. The van der Waals surface area contributed by atoms with Gasteiger partial charge in [0.25, 0.3) is 0 Å². The minimum absolute atomic E-state index is 0. The summed E-state index contributed by atoms with van der Waals surface area (Å²) in [5.41, 5.74) is 0. The van der Waals surface area contributed by atoms with Crippen LogP contribution < -0.4 is 0 Å². The first kappa shape index (κ1) is 16.0. The molecule has 0 aromatic heterocycles. The van der Waals surface area contributed by atoms with Crippen molar-refractivity contribution >= 4 is 33.1 Å².